The molecule has 0 bridgehead atoms. The highest BCUT2D eigenvalue weighted by atomic mass is 79.9. The van der Waals surface area contributed by atoms with Gasteiger partial charge in [-0.3, -0.25) is 4.79 Å². The molecular weight excluding hydrogens is 378 g/mol. The summed E-state index contributed by atoms with van der Waals surface area (Å²) in [4.78, 5) is 15.3. The second-order valence-corrected chi connectivity index (χ2v) is 6.70. The van der Waals surface area contributed by atoms with Crippen LogP contribution in [0.5, 0.6) is 5.88 Å². The smallest absolute Gasteiger partial charge is 0.214 e. The molecule has 0 amide bonds. The molecule has 0 spiro atoms. The minimum atomic E-state index is 0.408. The maximum absolute atomic E-state index is 11.1. The molecule has 126 valence electrons. The molecule has 0 radical (unpaired) electrons. The summed E-state index contributed by atoms with van der Waals surface area (Å²) in [6.45, 7) is 4.59. The number of aromatic nitrogens is 1. The number of hydrogen-bond acceptors (Lipinski definition) is 3. The zero-order valence-electron chi connectivity index (χ0n) is 14.1. The maximum Gasteiger partial charge on any atom is 0.214 e. The average molecular weight is 396 g/mol. The predicted molar refractivity (Wildman–Crippen MR) is 103 cm³/mol. The van der Waals surface area contributed by atoms with Crippen LogP contribution in [0.1, 0.15) is 27.0 Å². The molecule has 2 aromatic carbocycles. The first-order chi connectivity index (χ1) is 12.1. The molecule has 0 saturated heterocycles. The molecule has 0 saturated carbocycles. The Bertz CT molecular complexity index is 907. The maximum atomic E-state index is 11.1. The molecule has 0 aliphatic heterocycles. The van der Waals surface area contributed by atoms with Crippen LogP contribution in [0, 0.1) is 13.8 Å². The third kappa shape index (κ3) is 3.80. The number of benzene rings is 2. The lowest BCUT2D eigenvalue weighted by atomic mass is 9.94. The van der Waals surface area contributed by atoms with Crippen molar-refractivity contribution in [2.75, 3.05) is 0 Å². The minimum Gasteiger partial charge on any atom is -0.473 e. The molecule has 0 atom stereocenters. The van der Waals surface area contributed by atoms with Crippen LogP contribution in [0.15, 0.2) is 59.2 Å². The molecule has 1 heterocycles. The van der Waals surface area contributed by atoms with Gasteiger partial charge in [-0.05, 0) is 57.6 Å². The number of ether oxygens (including phenoxy) is 1. The summed E-state index contributed by atoms with van der Waals surface area (Å²) < 4.78 is 6.51. The van der Waals surface area contributed by atoms with Crippen LogP contribution in [0.3, 0.4) is 0 Å². The van der Waals surface area contributed by atoms with Gasteiger partial charge in [-0.25, -0.2) is 4.98 Å². The van der Waals surface area contributed by atoms with E-state index in [1.807, 2.05) is 18.2 Å². The molecule has 0 aliphatic rings. The summed E-state index contributed by atoms with van der Waals surface area (Å²) in [6, 6.07) is 16.2. The largest absolute Gasteiger partial charge is 0.473 e. The number of aldehydes is 1. The second kappa shape index (κ2) is 7.62. The number of rotatable bonds is 5. The van der Waals surface area contributed by atoms with Crippen molar-refractivity contribution >= 4 is 22.2 Å². The van der Waals surface area contributed by atoms with E-state index in [0.29, 0.717) is 22.5 Å². The molecule has 0 N–H and O–H groups in total. The summed E-state index contributed by atoms with van der Waals surface area (Å²) in [6.07, 6.45) is 2.37. The number of nitrogens with zero attached hydrogens (tertiary/aromatic N) is 1. The van der Waals surface area contributed by atoms with Crippen molar-refractivity contribution in [3.05, 3.63) is 81.5 Å². The van der Waals surface area contributed by atoms with E-state index in [1.165, 1.54) is 22.3 Å². The van der Waals surface area contributed by atoms with Crippen LogP contribution in [-0.4, -0.2) is 11.3 Å². The molecule has 3 aromatic rings. The van der Waals surface area contributed by atoms with Crippen LogP contribution in [0.2, 0.25) is 0 Å². The van der Waals surface area contributed by atoms with Gasteiger partial charge in [0, 0.05) is 22.3 Å². The van der Waals surface area contributed by atoms with E-state index in [9.17, 15) is 4.79 Å². The molecule has 4 heteroatoms. The third-order valence-corrected chi connectivity index (χ3v) is 4.93. The van der Waals surface area contributed by atoms with Crippen LogP contribution in [0.25, 0.3) is 11.1 Å². The monoisotopic (exact) mass is 395 g/mol. The molecule has 0 fully saturated rings. The first-order valence-corrected chi connectivity index (χ1v) is 8.77. The van der Waals surface area contributed by atoms with Crippen LogP contribution in [0.4, 0.5) is 0 Å². The predicted octanol–water partition coefficient (Wildman–Crippen LogP) is 5.52. The van der Waals surface area contributed by atoms with Crippen molar-refractivity contribution in [3.8, 4) is 17.0 Å². The summed E-state index contributed by atoms with van der Waals surface area (Å²) in [5.41, 5.74) is 6.41. The molecule has 25 heavy (non-hydrogen) atoms. The zero-order valence-corrected chi connectivity index (χ0v) is 15.7. The van der Waals surface area contributed by atoms with E-state index in [2.05, 4.69) is 59.0 Å². The third-order valence-electron chi connectivity index (χ3n) is 4.27. The van der Waals surface area contributed by atoms with Gasteiger partial charge in [0.1, 0.15) is 6.61 Å². The summed E-state index contributed by atoms with van der Waals surface area (Å²) in [7, 11) is 0. The Balaban J connectivity index is 1.89. The van der Waals surface area contributed by atoms with E-state index in [4.69, 9.17) is 4.74 Å². The van der Waals surface area contributed by atoms with E-state index in [1.54, 1.807) is 12.3 Å². The van der Waals surface area contributed by atoms with Crippen molar-refractivity contribution in [1.29, 1.82) is 0 Å². The van der Waals surface area contributed by atoms with Crippen molar-refractivity contribution in [2.24, 2.45) is 0 Å². The highest BCUT2D eigenvalue weighted by Gasteiger charge is 2.11. The van der Waals surface area contributed by atoms with Gasteiger partial charge >= 0.3 is 0 Å². The van der Waals surface area contributed by atoms with Crippen molar-refractivity contribution in [1.82, 2.24) is 4.98 Å². The van der Waals surface area contributed by atoms with Crippen molar-refractivity contribution in [3.63, 3.8) is 0 Å². The van der Waals surface area contributed by atoms with Crippen LogP contribution < -0.4 is 4.74 Å². The van der Waals surface area contributed by atoms with Crippen molar-refractivity contribution < 1.29 is 9.53 Å². The Morgan fingerprint density at radius 1 is 1.12 bits per heavy atom. The van der Waals surface area contributed by atoms with E-state index < -0.39 is 0 Å². The first kappa shape index (κ1) is 17.4. The Hall–Kier alpha value is -2.46. The molecule has 1 aromatic heterocycles. The molecular formula is C21H18BrNO2. The van der Waals surface area contributed by atoms with Crippen LogP contribution in [-0.2, 0) is 6.61 Å². The summed E-state index contributed by atoms with van der Waals surface area (Å²) >= 11 is 3.30. The molecule has 3 nitrogen and oxygen atoms in total. The van der Waals surface area contributed by atoms with E-state index >= 15 is 0 Å². The molecule has 0 unspecified atom stereocenters. The average Bonchev–Trinajstić information content (AvgIpc) is 2.63. The van der Waals surface area contributed by atoms with E-state index in [0.717, 1.165) is 11.8 Å². The first-order valence-electron chi connectivity index (χ1n) is 7.98. The lowest BCUT2D eigenvalue weighted by Crippen LogP contribution is -2.03. The summed E-state index contributed by atoms with van der Waals surface area (Å²) in [5.74, 6) is 0.439. The van der Waals surface area contributed by atoms with Gasteiger partial charge in [0.15, 0.2) is 6.29 Å². The van der Waals surface area contributed by atoms with Gasteiger partial charge in [0.25, 0.3) is 0 Å². The van der Waals surface area contributed by atoms with Gasteiger partial charge in [-0.2, -0.15) is 0 Å². The highest BCUT2D eigenvalue weighted by molar-refractivity contribution is 9.10. The lowest BCUT2D eigenvalue weighted by Gasteiger charge is -2.15. The molecule has 3 rings (SSSR count). The number of halogens is 1. The summed E-state index contributed by atoms with van der Waals surface area (Å²) in [5, 5.41) is 0. The van der Waals surface area contributed by atoms with Crippen LogP contribution >= 0.6 is 15.9 Å². The Kier molecular flexibility index (Phi) is 5.29. The SMILES string of the molecule is Cc1ccc(-c2ccccc2)c(C)c1COc1cc(C=O)c(Br)cn1. The lowest BCUT2D eigenvalue weighted by molar-refractivity contribution is 0.112. The zero-order chi connectivity index (χ0) is 17.8. The topological polar surface area (TPSA) is 39.2 Å². The Morgan fingerprint density at radius 2 is 1.88 bits per heavy atom. The normalized spacial score (nSPS) is 10.5. The van der Waals surface area contributed by atoms with Gasteiger partial charge < -0.3 is 4.74 Å². The molecule has 0 aliphatic carbocycles. The van der Waals surface area contributed by atoms with Gasteiger partial charge in [-0.15, -0.1) is 0 Å². The quantitative estimate of drug-likeness (QED) is 0.533. The fraction of sp³-hybridized carbons (Fsp3) is 0.143. The van der Waals surface area contributed by atoms with Gasteiger partial charge in [0.05, 0.1) is 0 Å². The second-order valence-electron chi connectivity index (χ2n) is 5.85. The van der Waals surface area contributed by atoms with Crippen molar-refractivity contribution in [2.45, 2.75) is 20.5 Å². The van der Waals surface area contributed by atoms with Gasteiger partial charge in [0.2, 0.25) is 5.88 Å². The van der Waals surface area contributed by atoms with Gasteiger partial charge in [-0.1, -0.05) is 42.5 Å². The Morgan fingerprint density at radius 3 is 2.60 bits per heavy atom. The minimum absolute atomic E-state index is 0.408. The highest BCUT2D eigenvalue weighted by Crippen LogP contribution is 2.28. The number of carbonyl (C=O) groups excluding carboxylic acids is 1. The Labute approximate surface area is 155 Å². The standard InChI is InChI=1S/C21H18BrNO2/c1-14-8-9-18(16-6-4-3-5-7-16)15(2)19(14)13-25-21-10-17(12-24)20(22)11-23-21/h3-12H,13H2,1-2H3. The fourth-order valence-corrected chi connectivity index (χ4v) is 3.10. The number of aryl methyl sites for hydroxylation is 1. The number of pyridine rings is 1. The van der Waals surface area contributed by atoms with E-state index in [-0.39, 0.29) is 0 Å². The fourth-order valence-electron chi connectivity index (χ4n) is 2.79. The number of carbonyl (C=O) groups is 1. The number of hydrogen-bond donors (Lipinski definition) is 0.